The monoisotopic (exact) mass is 481 g/mol. The van der Waals surface area contributed by atoms with Gasteiger partial charge < -0.3 is 14.8 Å². The molecule has 2 aromatic carbocycles. The normalized spacial score (nSPS) is 10.9. The fraction of sp³-hybridized carbons (Fsp3) is 0.111. The number of methoxy groups -OCH3 is 1. The van der Waals surface area contributed by atoms with Gasteiger partial charge in [0, 0.05) is 24.7 Å². The molecule has 0 saturated heterocycles. The number of para-hydroxylation sites is 1. The smallest absolute Gasteiger partial charge is 0.284 e. The highest BCUT2D eigenvalue weighted by Gasteiger charge is 2.22. The van der Waals surface area contributed by atoms with Crippen LogP contribution in [0.3, 0.4) is 0 Å². The molecule has 1 N–H and O–H groups in total. The Morgan fingerprint density at radius 2 is 1.75 bits per heavy atom. The molecule has 0 aliphatic carbocycles. The first kappa shape index (κ1) is 22.9. The summed E-state index contributed by atoms with van der Waals surface area (Å²) in [5.41, 5.74) is 1.61. The van der Waals surface area contributed by atoms with E-state index >= 15 is 0 Å². The molecule has 0 radical (unpaired) electrons. The molecular formula is C27H23N5O4. The Kier molecular flexibility index (Phi) is 5.95. The molecule has 9 heteroatoms. The molecule has 5 rings (SSSR count). The summed E-state index contributed by atoms with van der Waals surface area (Å²) in [7, 11) is 3.34. The Morgan fingerprint density at radius 3 is 2.47 bits per heavy atom. The van der Waals surface area contributed by atoms with E-state index in [2.05, 4.69) is 15.3 Å². The maximum absolute atomic E-state index is 13.1. The summed E-state index contributed by atoms with van der Waals surface area (Å²) in [5, 5.41) is 3.53. The van der Waals surface area contributed by atoms with Crippen LogP contribution in [0.5, 0.6) is 17.2 Å². The molecule has 3 heterocycles. The van der Waals surface area contributed by atoms with Gasteiger partial charge in [-0.1, -0.05) is 18.2 Å². The Bertz CT molecular complexity index is 1620. The number of nitrogens with zero attached hydrogens (tertiary/aromatic N) is 4. The largest absolute Gasteiger partial charge is 0.497 e. The van der Waals surface area contributed by atoms with Crippen LogP contribution in [0.4, 0.5) is 5.82 Å². The van der Waals surface area contributed by atoms with Gasteiger partial charge in [-0.25, -0.2) is 9.67 Å². The summed E-state index contributed by atoms with van der Waals surface area (Å²) >= 11 is 0. The molecule has 0 aliphatic rings. The second kappa shape index (κ2) is 9.38. The van der Waals surface area contributed by atoms with Crippen LogP contribution < -0.4 is 20.3 Å². The molecule has 0 saturated carbocycles. The van der Waals surface area contributed by atoms with E-state index in [1.54, 1.807) is 50.2 Å². The quantitative estimate of drug-likeness (QED) is 0.384. The van der Waals surface area contributed by atoms with Crippen molar-refractivity contribution >= 4 is 22.6 Å². The van der Waals surface area contributed by atoms with Gasteiger partial charge in [-0.05, 0) is 49.4 Å². The number of anilines is 1. The molecule has 180 valence electrons. The number of fused-ring (bicyclic) bond motifs is 1. The molecule has 9 nitrogen and oxygen atoms in total. The number of hydrogen-bond donors (Lipinski definition) is 1. The number of nitrogens with one attached hydrogen (secondary N) is 1. The first-order valence-corrected chi connectivity index (χ1v) is 11.2. The molecule has 0 aliphatic heterocycles. The predicted octanol–water partition coefficient (Wildman–Crippen LogP) is 4.48. The number of amides is 1. The zero-order chi connectivity index (χ0) is 25.2. The Morgan fingerprint density at radius 1 is 0.972 bits per heavy atom. The number of aromatic nitrogens is 4. The second-order valence-corrected chi connectivity index (χ2v) is 8.06. The van der Waals surface area contributed by atoms with Gasteiger partial charge in [-0.2, -0.15) is 0 Å². The van der Waals surface area contributed by atoms with Gasteiger partial charge in [0.25, 0.3) is 11.5 Å². The van der Waals surface area contributed by atoms with Gasteiger partial charge in [0.2, 0.25) is 0 Å². The third-order valence-corrected chi connectivity index (χ3v) is 5.90. The van der Waals surface area contributed by atoms with Crippen molar-refractivity contribution in [3.63, 3.8) is 0 Å². The maximum Gasteiger partial charge on any atom is 0.284 e. The summed E-state index contributed by atoms with van der Waals surface area (Å²) in [5.74, 6) is 1.57. The Labute approximate surface area is 206 Å². The van der Waals surface area contributed by atoms with E-state index in [0.717, 1.165) is 10.9 Å². The first-order chi connectivity index (χ1) is 17.5. The SMILES string of the molecule is COc1ccc2c(Oc3ccc(NC(=O)c4c(C)n(C)n(-c5ccccc5)c4=O)nc3)ccnc2c1. The van der Waals surface area contributed by atoms with Crippen molar-refractivity contribution in [3.8, 4) is 22.9 Å². The fourth-order valence-corrected chi connectivity index (χ4v) is 3.97. The summed E-state index contributed by atoms with van der Waals surface area (Å²) < 4.78 is 14.4. The van der Waals surface area contributed by atoms with Crippen molar-refractivity contribution in [2.75, 3.05) is 12.4 Å². The van der Waals surface area contributed by atoms with E-state index in [1.807, 2.05) is 48.5 Å². The summed E-state index contributed by atoms with van der Waals surface area (Å²) in [6.07, 6.45) is 3.16. The minimum atomic E-state index is -0.530. The number of benzene rings is 2. The average molecular weight is 482 g/mol. The van der Waals surface area contributed by atoms with Crippen LogP contribution >= 0.6 is 0 Å². The third-order valence-electron chi connectivity index (χ3n) is 5.90. The minimum Gasteiger partial charge on any atom is -0.497 e. The molecule has 0 unspecified atom stereocenters. The fourth-order valence-electron chi connectivity index (χ4n) is 3.97. The lowest BCUT2D eigenvalue weighted by atomic mass is 10.2. The van der Waals surface area contributed by atoms with Crippen LogP contribution in [0, 0.1) is 6.92 Å². The van der Waals surface area contributed by atoms with Crippen LogP contribution in [0.15, 0.2) is 83.9 Å². The van der Waals surface area contributed by atoms with Crippen molar-refractivity contribution in [3.05, 3.63) is 101 Å². The predicted molar refractivity (Wildman–Crippen MR) is 136 cm³/mol. The van der Waals surface area contributed by atoms with Gasteiger partial charge in [-0.3, -0.25) is 19.3 Å². The number of carbonyl (C=O) groups excluding carboxylic acids is 1. The van der Waals surface area contributed by atoms with Crippen LogP contribution in [0.2, 0.25) is 0 Å². The van der Waals surface area contributed by atoms with Gasteiger partial charge in [0.05, 0.1) is 30.2 Å². The van der Waals surface area contributed by atoms with E-state index in [-0.39, 0.29) is 5.56 Å². The highest BCUT2D eigenvalue weighted by molar-refractivity contribution is 6.04. The van der Waals surface area contributed by atoms with Crippen LogP contribution in [-0.2, 0) is 7.05 Å². The molecule has 0 atom stereocenters. The van der Waals surface area contributed by atoms with Crippen molar-refractivity contribution in [1.82, 2.24) is 19.3 Å². The zero-order valence-corrected chi connectivity index (χ0v) is 19.9. The van der Waals surface area contributed by atoms with Crippen molar-refractivity contribution in [2.45, 2.75) is 6.92 Å². The van der Waals surface area contributed by atoms with Crippen LogP contribution in [0.1, 0.15) is 16.1 Å². The van der Waals surface area contributed by atoms with E-state index < -0.39 is 11.5 Å². The summed E-state index contributed by atoms with van der Waals surface area (Å²) in [6, 6.07) is 19.8. The lowest BCUT2D eigenvalue weighted by molar-refractivity contribution is 0.102. The van der Waals surface area contributed by atoms with Gasteiger partial charge >= 0.3 is 0 Å². The van der Waals surface area contributed by atoms with Gasteiger partial charge in [-0.15, -0.1) is 0 Å². The van der Waals surface area contributed by atoms with Crippen molar-refractivity contribution in [1.29, 1.82) is 0 Å². The topological polar surface area (TPSA) is 100 Å². The highest BCUT2D eigenvalue weighted by atomic mass is 16.5. The lowest BCUT2D eigenvalue weighted by Gasteiger charge is -2.10. The molecule has 0 fully saturated rings. The van der Waals surface area contributed by atoms with Crippen LogP contribution in [0.25, 0.3) is 16.6 Å². The summed E-state index contributed by atoms with van der Waals surface area (Å²) in [4.78, 5) is 34.7. The first-order valence-electron chi connectivity index (χ1n) is 11.2. The number of carbonyl (C=O) groups is 1. The summed E-state index contributed by atoms with van der Waals surface area (Å²) in [6.45, 7) is 1.73. The zero-order valence-electron chi connectivity index (χ0n) is 19.9. The van der Waals surface area contributed by atoms with Crippen molar-refractivity contribution < 1.29 is 14.3 Å². The Hall–Kier alpha value is -4.92. The second-order valence-electron chi connectivity index (χ2n) is 8.06. The highest BCUT2D eigenvalue weighted by Crippen LogP contribution is 2.30. The van der Waals surface area contributed by atoms with Crippen molar-refractivity contribution in [2.24, 2.45) is 7.05 Å². The molecule has 5 aromatic rings. The van der Waals surface area contributed by atoms with E-state index in [4.69, 9.17) is 9.47 Å². The van der Waals surface area contributed by atoms with Gasteiger partial charge in [0.15, 0.2) is 0 Å². The maximum atomic E-state index is 13.1. The number of rotatable bonds is 6. The number of ether oxygens (including phenoxy) is 2. The van der Waals surface area contributed by atoms with E-state index in [9.17, 15) is 9.59 Å². The molecule has 3 aromatic heterocycles. The van der Waals surface area contributed by atoms with Crippen LogP contribution in [-0.4, -0.2) is 32.3 Å². The molecule has 0 bridgehead atoms. The van der Waals surface area contributed by atoms with E-state index in [0.29, 0.717) is 34.4 Å². The van der Waals surface area contributed by atoms with Gasteiger partial charge in [0.1, 0.15) is 28.6 Å². The molecule has 0 spiro atoms. The van der Waals surface area contributed by atoms with E-state index in [1.165, 1.54) is 10.9 Å². The average Bonchev–Trinajstić information content (AvgIpc) is 3.13. The molecular weight excluding hydrogens is 458 g/mol. The third kappa shape index (κ3) is 4.18. The number of hydrogen-bond acceptors (Lipinski definition) is 6. The lowest BCUT2D eigenvalue weighted by Crippen LogP contribution is -2.25. The standard InChI is InChI=1S/C27H23N5O4/c1-17-25(27(34)32(31(17)2)18-7-5-4-6-8-18)26(33)30-24-12-10-20(16-29-24)36-23-13-14-28-22-15-19(35-3)9-11-21(22)23/h4-16H,1-3H3,(H,29,30,33). The minimum absolute atomic E-state index is 0.0576. The Balaban J connectivity index is 1.36. The molecule has 36 heavy (non-hydrogen) atoms. The number of pyridine rings is 2. The molecule has 1 amide bonds.